The molecule has 0 amide bonds. The zero-order valence-corrected chi connectivity index (χ0v) is 29.5. The lowest BCUT2D eigenvalue weighted by molar-refractivity contribution is 0.745. The highest BCUT2D eigenvalue weighted by Crippen LogP contribution is 2.49. The first kappa shape index (κ1) is 30.6. The fourth-order valence-electron chi connectivity index (χ4n) is 8.80. The molecule has 0 fully saturated rings. The first-order valence-corrected chi connectivity index (χ1v) is 18.7. The molecule has 3 heteroatoms. The summed E-state index contributed by atoms with van der Waals surface area (Å²) in [4.78, 5) is 7.80. The number of benzene rings is 7. The summed E-state index contributed by atoms with van der Waals surface area (Å²) in [5, 5.41) is 3.58. The Labute approximate surface area is 314 Å². The third kappa shape index (κ3) is 4.86. The SMILES string of the molecule is C1=CC2c3cc(-c4ccc5c(c4)c4ccccc4n5-c4cc(-c5ccc(-c6ccccc6)cc5)c5ccccc5n4)ccc3N(c3ccccc3)C2C=C1. The number of para-hydroxylation sites is 3. The Balaban J connectivity index is 1.04. The van der Waals surface area contributed by atoms with Gasteiger partial charge in [-0.25, -0.2) is 4.98 Å². The molecule has 0 N–H and O–H groups in total. The molecule has 0 saturated heterocycles. The van der Waals surface area contributed by atoms with E-state index in [1.54, 1.807) is 0 Å². The maximum atomic E-state index is 5.31. The number of hydrogen-bond donors (Lipinski definition) is 0. The number of rotatable bonds is 5. The van der Waals surface area contributed by atoms with Crippen LogP contribution in [-0.4, -0.2) is 15.6 Å². The second kappa shape index (κ2) is 12.3. The molecule has 0 spiro atoms. The third-order valence-electron chi connectivity index (χ3n) is 11.3. The van der Waals surface area contributed by atoms with Crippen LogP contribution in [0.15, 0.2) is 200 Å². The van der Waals surface area contributed by atoms with E-state index in [0.717, 1.165) is 27.8 Å². The van der Waals surface area contributed by atoms with E-state index in [9.17, 15) is 0 Å². The number of anilines is 2. The fourth-order valence-corrected chi connectivity index (χ4v) is 8.80. The van der Waals surface area contributed by atoms with Gasteiger partial charge in [0, 0.05) is 33.5 Å². The predicted octanol–water partition coefficient (Wildman–Crippen LogP) is 13.1. The van der Waals surface area contributed by atoms with Gasteiger partial charge in [-0.1, -0.05) is 146 Å². The highest BCUT2D eigenvalue weighted by atomic mass is 15.2. The van der Waals surface area contributed by atoms with Crippen LogP contribution in [0.4, 0.5) is 11.4 Å². The molecule has 1 aliphatic carbocycles. The zero-order valence-electron chi connectivity index (χ0n) is 29.5. The van der Waals surface area contributed by atoms with Crippen LogP contribution in [0.25, 0.3) is 71.9 Å². The molecule has 2 aliphatic rings. The summed E-state index contributed by atoms with van der Waals surface area (Å²) in [5.41, 5.74) is 14.4. The number of aromatic nitrogens is 2. The monoisotopic (exact) mass is 689 g/mol. The molecule has 2 atom stereocenters. The quantitative estimate of drug-likeness (QED) is 0.179. The van der Waals surface area contributed by atoms with E-state index in [4.69, 9.17) is 4.98 Å². The van der Waals surface area contributed by atoms with Crippen LogP contribution in [0.3, 0.4) is 0 Å². The van der Waals surface area contributed by atoms with E-state index < -0.39 is 0 Å². The molecule has 1 aliphatic heterocycles. The van der Waals surface area contributed by atoms with Gasteiger partial charge in [0.15, 0.2) is 0 Å². The second-order valence-corrected chi connectivity index (χ2v) is 14.3. The number of nitrogens with zero attached hydrogens (tertiary/aromatic N) is 3. The highest BCUT2D eigenvalue weighted by Gasteiger charge is 2.37. The number of hydrogen-bond acceptors (Lipinski definition) is 2. The zero-order chi connectivity index (χ0) is 35.6. The Morgan fingerprint density at radius 3 is 1.93 bits per heavy atom. The summed E-state index contributed by atoms with van der Waals surface area (Å²) >= 11 is 0. The molecule has 0 radical (unpaired) electrons. The van der Waals surface area contributed by atoms with Gasteiger partial charge in [-0.2, -0.15) is 0 Å². The molecule has 9 aromatic rings. The van der Waals surface area contributed by atoms with E-state index in [1.807, 2.05) is 0 Å². The summed E-state index contributed by atoms with van der Waals surface area (Å²) in [7, 11) is 0. The van der Waals surface area contributed by atoms with E-state index >= 15 is 0 Å². The Kier molecular flexibility index (Phi) is 6.99. The molecule has 54 heavy (non-hydrogen) atoms. The van der Waals surface area contributed by atoms with Gasteiger partial charge in [0.05, 0.1) is 22.6 Å². The van der Waals surface area contributed by atoms with Gasteiger partial charge in [0.2, 0.25) is 0 Å². The first-order valence-electron chi connectivity index (χ1n) is 18.7. The van der Waals surface area contributed by atoms with Gasteiger partial charge in [0.1, 0.15) is 5.82 Å². The minimum absolute atomic E-state index is 0.268. The molecule has 2 unspecified atom stereocenters. The van der Waals surface area contributed by atoms with Crippen LogP contribution in [0.1, 0.15) is 11.5 Å². The molecule has 7 aromatic carbocycles. The topological polar surface area (TPSA) is 21.1 Å². The Bertz CT molecular complexity index is 2940. The molecule has 3 heterocycles. The molecule has 11 rings (SSSR count). The number of allylic oxidation sites excluding steroid dienone is 2. The lowest BCUT2D eigenvalue weighted by Gasteiger charge is -2.28. The van der Waals surface area contributed by atoms with Crippen LogP contribution in [0.5, 0.6) is 0 Å². The van der Waals surface area contributed by atoms with Crippen LogP contribution in [-0.2, 0) is 0 Å². The van der Waals surface area contributed by atoms with Crippen LogP contribution in [0.2, 0.25) is 0 Å². The normalized spacial score (nSPS) is 16.0. The van der Waals surface area contributed by atoms with E-state index in [-0.39, 0.29) is 6.04 Å². The van der Waals surface area contributed by atoms with E-state index in [2.05, 4.69) is 210 Å². The summed E-state index contributed by atoms with van der Waals surface area (Å²) in [6.07, 6.45) is 9.07. The van der Waals surface area contributed by atoms with Crippen molar-refractivity contribution in [1.29, 1.82) is 0 Å². The Morgan fingerprint density at radius 1 is 0.444 bits per heavy atom. The van der Waals surface area contributed by atoms with Gasteiger partial charge in [-0.05, 0) is 93.5 Å². The lowest BCUT2D eigenvalue weighted by Crippen LogP contribution is -2.28. The fraction of sp³-hybridized carbons (Fsp3) is 0.0392. The van der Waals surface area contributed by atoms with Crippen LogP contribution < -0.4 is 4.90 Å². The lowest BCUT2D eigenvalue weighted by atomic mass is 9.89. The van der Waals surface area contributed by atoms with Crippen molar-refractivity contribution in [2.24, 2.45) is 0 Å². The number of fused-ring (bicyclic) bond motifs is 7. The van der Waals surface area contributed by atoms with Gasteiger partial charge < -0.3 is 4.90 Å². The smallest absolute Gasteiger partial charge is 0.138 e. The van der Waals surface area contributed by atoms with Crippen molar-refractivity contribution in [2.45, 2.75) is 12.0 Å². The van der Waals surface area contributed by atoms with Crippen LogP contribution in [0, 0.1) is 0 Å². The Morgan fingerprint density at radius 2 is 1.07 bits per heavy atom. The van der Waals surface area contributed by atoms with Gasteiger partial charge >= 0.3 is 0 Å². The minimum Gasteiger partial charge on any atom is -0.333 e. The molecular formula is C51H35N3. The maximum absolute atomic E-state index is 5.31. The highest BCUT2D eigenvalue weighted by molar-refractivity contribution is 6.11. The summed E-state index contributed by atoms with van der Waals surface area (Å²) in [6, 6.07) is 64.0. The predicted molar refractivity (Wildman–Crippen MR) is 226 cm³/mol. The average molecular weight is 690 g/mol. The van der Waals surface area contributed by atoms with Crippen molar-refractivity contribution < 1.29 is 0 Å². The average Bonchev–Trinajstić information content (AvgIpc) is 3.76. The molecule has 0 bridgehead atoms. The van der Waals surface area contributed by atoms with Crippen molar-refractivity contribution in [3.05, 3.63) is 206 Å². The van der Waals surface area contributed by atoms with Crippen molar-refractivity contribution >= 4 is 44.1 Å². The van der Waals surface area contributed by atoms with Crippen LogP contribution >= 0.6 is 0 Å². The third-order valence-corrected chi connectivity index (χ3v) is 11.3. The standard InChI is InChI=1S/C51H35N3/c1-3-13-34(14-4-1)35-23-25-36(26-24-35)43-33-51(52-46-20-10-7-17-40(43)46)54-48-22-12-9-19-42(48)45-32-38(28-30-50(45)54)37-27-29-49-44(31-37)41-18-8-11-21-47(41)53(49)39-15-5-2-6-16-39/h1-33,41,47H. The summed E-state index contributed by atoms with van der Waals surface area (Å²) < 4.78 is 2.34. The first-order chi connectivity index (χ1) is 26.8. The maximum Gasteiger partial charge on any atom is 0.138 e. The summed E-state index contributed by atoms with van der Waals surface area (Å²) in [6.45, 7) is 0. The molecular weight excluding hydrogens is 655 g/mol. The van der Waals surface area contributed by atoms with Crippen molar-refractivity contribution in [3.63, 3.8) is 0 Å². The van der Waals surface area contributed by atoms with Crippen molar-refractivity contribution in [2.75, 3.05) is 4.90 Å². The largest absolute Gasteiger partial charge is 0.333 e. The molecule has 254 valence electrons. The molecule has 0 saturated carbocycles. The number of pyridine rings is 1. The molecule has 3 nitrogen and oxygen atoms in total. The van der Waals surface area contributed by atoms with Gasteiger partial charge in [-0.15, -0.1) is 0 Å². The molecule has 2 aromatic heterocycles. The van der Waals surface area contributed by atoms with E-state index in [1.165, 1.54) is 61.1 Å². The van der Waals surface area contributed by atoms with E-state index in [0.29, 0.717) is 5.92 Å². The van der Waals surface area contributed by atoms with Crippen molar-refractivity contribution in [1.82, 2.24) is 9.55 Å². The minimum atomic E-state index is 0.268. The second-order valence-electron chi connectivity index (χ2n) is 14.3. The van der Waals surface area contributed by atoms with Gasteiger partial charge in [-0.3, -0.25) is 4.57 Å². The Hall–Kier alpha value is -6.97. The van der Waals surface area contributed by atoms with Gasteiger partial charge in [0.25, 0.3) is 0 Å². The van der Waals surface area contributed by atoms with Crippen molar-refractivity contribution in [3.8, 4) is 39.2 Å². The summed E-state index contributed by atoms with van der Waals surface area (Å²) in [5.74, 6) is 1.22.